The quantitative estimate of drug-likeness (QED) is 0.497. The molecule has 0 fully saturated rings. The van der Waals surface area contributed by atoms with Crippen LogP contribution in [-0.4, -0.2) is 19.9 Å². The Balaban J connectivity index is 1.64. The van der Waals surface area contributed by atoms with E-state index in [1.54, 1.807) is 18.6 Å². The van der Waals surface area contributed by atoms with Gasteiger partial charge < -0.3 is 5.32 Å². The minimum absolute atomic E-state index is 0.668. The predicted octanol–water partition coefficient (Wildman–Crippen LogP) is 4.98. The van der Waals surface area contributed by atoms with E-state index in [1.807, 2.05) is 54.7 Å². The lowest BCUT2D eigenvalue weighted by Gasteiger charge is -2.11. The summed E-state index contributed by atoms with van der Waals surface area (Å²) in [7, 11) is 0. The standard InChI is InChI=1S/C22H15N5/c1-2-4-20-19(3-1)22(27-21(26-20)16-8-10-23-11-9-16)25-18-6-5-15-7-12-24-14-17(15)13-18/h1-14H,(H,25,26,27). The van der Waals surface area contributed by atoms with Crippen molar-refractivity contribution < 1.29 is 0 Å². The molecule has 0 bridgehead atoms. The van der Waals surface area contributed by atoms with E-state index in [4.69, 9.17) is 9.97 Å². The highest BCUT2D eigenvalue weighted by molar-refractivity contribution is 5.93. The molecule has 0 radical (unpaired) electrons. The number of anilines is 2. The van der Waals surface area contributed by atoms with Crippen molar-refractivity contribution in [2.24, 2.45) is 0 Å². The molecule has 3 aromatic heterocycles. The first-order valence-corrected chi connectivity index (χ1v) is 8.65. The molecule has 0 atom stereocenters. The van der Waals surface area contributed by atoms with Gasteiger partial charge in [0.05, 0.1) is 5.52 Å². The molecule has 1 N–H and O–H groups in total. The molecule has 3 heterocycles. The molecular formula is C22H15N5. The summed E-state index contributed by atoms with van der Waals surface area (Å²) in [5.41, 5.74) is 2.78. The summed E-state index contributed by atoms with van der Waals surface area (Å²) in [5.74, 6) is 1.44. The molecule has 0 unspecified atom stereocenters. The first kappa shape index (κ1) is 15.4. The average molecular weight is 349 g/mol. The number of para-hydroxylation sites is 1. The van der Waals surface area contributed by atoms with Crippen LogP contribution in [0.5, 0.6) is 0 Å². The predicted molar refractivity (Wildman–Crippen MR) is 108 cm³/mol. The van der Waals surface area contributed by atoms with E-state index in [9.17, 15) is 0 Å². The third-order valence-corrected chi connectivity index (χ3v) is 4.45. The van der Waals surface area contributed by atoms with Crippen LogP contribution in [-0.2, 0) is 0 Å². The number of fused-ring (bicyclic) bond motifs is 2. The van der Waals surface area contributed by atoms with Gasteiger partial charge in [-0.25, -0.2) is 9.97 Å². The molecule has 128 valence electrons. The van der Waals surface area contributed by atoms with E-state index in [2.05, 4.69) is 27.4 Å². The van der Waals surface area contributed by atoms with Crippen LogP contribution < -0.4 is 5.32 Å². The average Bonchev–Trinajstić information content (AvgIpc) is 2.74. The monoisotopic (exact) mass is 349 g/mol. The largest absolute Gasteiger partial charge is 0.340 e. The molecule has 2 aromatic carbocycles. The lowest BCUT2D eigenvalue weighted by atomic mass is 10.1. The summed E-state index contributed by atoms with van der Waals surface area (Å²) >= 11 is 0. The van der Waals surface area contributed by atoms with Crippen molar-refractivity contribution in [2.45, 2.75) is 0 Å². The Morgan fingerprint density at radius 3 is 2.48 bits per heavy atom. The fourth-order valence-electron chi connectivity index (χ4n) is 3.10. The van der Waals surface area contributed by atoms with E-state index >= 15 is 0 Å². The smallest absolute Gasteiger partial charge is 0.162 e. The van der Waals surface area contributed by atoms with Crippen LogP contribution >= 0.6 is 0 Å². The topological polar surface area (TPSA) is 63.6 Å². The fourth-order valence-corrected chi connectivity index (χ4v) is 3.10. The Morgan fingerprint density at radius 2 is 1.56 bits per heavy atom. The van der Waals surface area contributed by atoms with Crippen LogP contribution in [0.15, 0.2) is 85.5 Å². The molecule has 0 aliphatic rings. The zero-order chi connectivity index (χ0) is 18.1. The van der Waals surface area contributed by atoms with Crippen molar-refractivity contribution in [1.29, 1.82) is 0 Å². The molecule has 0 aliphatic heterocycles. The lowest BCUT2D eigenvalue weighted by Crippen LogP contribution is -1.99. The zero-order valence-electron chi connectivity index (χ0n) is 14.4. The highest BCUT2D eigenvalue weighted by Crippen LogP contribution is 2.28. The number of aromatic nitrogens is 4. The summed E-state index contributed by atoms with van der Waals surface area (Å²) in [6, 6.07) is 20.0. The molecule has 0 aliphatic carbocycles. The second-order valence-corrected chi connectivity index (χ2v) is 6.21. The van der Waals surface area contributed by atoms with Gasteiger partial charge in [-0.1, -0.05) is 18.2 Å². The number of nitrogens with zero attached hydrogens (tertiary/aromatic N) is 4. The number of rotatable bonds is 3. The Labute approximate surface area is 155 Å². The minimum Gasteiger partial charge on any atom is -0.340 e. The number of hydrogen-bond acceptors (Lipinski definition) is 5. The highest BCUT2D eigenvalue weighted by Gasteiger charge is 2.10. The Bertz CT molecular complexity index is 1250. The molecule has 0 spiro atoms. The molecule has 5 nitrogen and oxygen atoms in total. The summed E-state index contributed by atoms with van der Waals surface area (Å²) in [6.45, 7) is 0. The fraction of sp³-hybridized carbons (Fsp3) is 0. The molecular weight excluding hydrogens is 334 g/mol. The Hall–Kier alpha value is -3.86. The molecule has 5 aromatic rings. The third kappa shape index (κ3) is 2.95. The van der Waals surface area contributed by atoms with E-state index in [1.165, 1.54) is 0 Å². The third-order valence-electron chi connectivity index (χ3n) is 4.45. The molecule has 0 amide bonds. The van der Waals surface area contributed by atoms with Gasteiger partial charge in [0.1, 0.15) is 5.82 Å². The first-order valence-electron chi connectivity index (χ1n) is 8.65. The summed E-state index contributed by atoms with van der Waals surface area (Å²) < 4.78 is 0. The summed E-state index contributed by atoms with van der Waals surface area (Å²) in [5, 5.41) is 6.66. The number of hydrogen-bond donors (Lipinski definition) is 1. The van der Waals surface area contributed by atoms with Crippen molar-refractivity contribution >= 4 is 33.2 Å². The highest BCUT2D eigenvalue weighted by atomic mass is 15.0. The Morgan fingerprint density at radius 1 is 0.704 bits per heavy atom. The first-order chi connectivity index (χ1) is 13.4. The van der Waals surface area contributed by atoms with E-state index in [0.717, 1.165) is 38.7 Å². The van der Waals surface area contributed by atoms with E-state index in [-0.39, 0.29) is 0 Å². The van der Waals surface area contributed by atoms with Gasteiger partial charge in [0.25, 0.3) is 0 Å². The van der Waals surface area contributed by atoms with Crippen LogP contribution in [0.25, 0.3) is 33.1 Å². The SMILES string of the molecule is c1ccc2c(Nc3ccc4ccncc4c3)nc(-c3ccncc3)nc2c1. The maximum Gasteiger partial charge on any atom is 0.162 e. The van der Waals surface area contributed by atoms with Crippen LogP contribution in [0.3, 0.4) is 0 Å². The lowest BCUT2D eigenvalue weighted by molar-refractivity contribution is 1.21. The molecule has 5 heteroatoms. The van der Waals surface area contributed by atoms with Crippen molar-refractivity contribution in [3.05, 3.63) is 85.5 Å². The van der Waals surface area contributed by atoms with Crippen molar-refractivity contribution in [1.82, 2.24) is 19.9 Å². The zero-order valence-corrected chi connectivity index (χ0v) is 14.4. The van der Waals surface area contributed by atoms with Gasteiger partial charge in [-0.3, -0.25) is 9.97 Å². The molecule has 27 heavy (non-hydrogen) atoms. The van der Waals surface area contributed by atoms with Gasteiger partial charge >= 0.3 is 0 Å². The summed E-state index contributed by atoms with van der Waals surface area (Å²) in [4.78, 5) is 17.8. The van der Waals surface area contributed by atoms with Crippen molar-refractivity contribution in [3.63, 3.8) is 0 Å². The van der Waals surface area contributed by atoms with Crippen molar-refractivity contribution in [2.75, 3.05) is 5.32 Å². The van der Waals surface area contributed by atoms with Gasteiger partial charge in [0, 0.05) is 46.8 Å². The van der Waals surface area contributed by atoms with Crippen LogP contribution in [0, 0.1) is 0 Å². The maximum absolute atomic E-state index is 4.78. The van der Waals surface area contributed by atoms with Crippen LogP contribution in [0.2, 0.25) is 0 Å². The number of pyridine rings is 2. The molecule has 0 saturated heterocycles. The van der Waals surface area contributed by atoms with Gasteiger partial charge in [-0.15, -0.1) is 0 Å². The van der Waals surface area contributed by atoms with Gasteiger partial charge in [0.2, 0.25) is 0 Å². The van der Waals surface area contributed by atoms with Gasteiger partial charge in [-0.05, 0) is 47.9 Å². The van der Waals surface area contributed by atoms with E-state index in [0.29, 0.717) is 5.82 Å². The Kier molecular flexibility index (Phi) is 3.68. The minimum atomic E-state index is 0.668. The van der Waals surface area contributed by atoms with Gasteiger partial charge in [-0.2, -0.15) is 0 Å². The van der Waals surface area contributed by atoms with E-state index < -0.39 is 0 Å². The maximum atomic E-state index is 4.78. The summed E-state index contributed by atoms with van der Waals surface area (Å²) in [6.07, 6.45) is 7.16. The van der Waals surface area contributed by atoms with Crippen LogP contribution in [0.1, 0.15) is 0 Å². The van der Waals surface area contributed by atoms with Gasteiger partial charge in [0.15, 0.2) is 5.82 Å². The second-order valence-electron chi connectivity index (χ2n) is 6.21. The number of nitrogens with one attached hydrogen (secondary N) is 1. The van der Waals surface area contributed by atoms with Crippen LogP contribution in [0.4, 0.5) is 11.5 Å². The molecule has 0 saturated carbocycles. The second kappa shape index (κ2) is 6.46. The molecule has 5 rings (SSSR count). The normalized spacial score (nSPS) is 11.0. The van der Waals surface area contributed by atoms with Crippen molar-refractivity contribution in [3.8, 4) is 11.4 Å². The number of benzene rings is 2.